The Labute approximate surface area is 172 Å². The highest BCUT2D eigenvalue weighted by Crippen LogP contribution is 2.27. The van der Waals surface area contributed by atoms with Crippen LogP contribution in [0.15, 0.2) is 24.3 Å². The number of carbonyl (C=O) groups excluding carboxylic acids is 2. The molecule has 156 valence electrons. The summed E-state index contributed by atoms with van der Waals surface area (Å²) in [6.45, 7) is 7.88. The predicted molar refractivity (Wildman–Crippen MR) is 110 cm³/mol. The number of benzene rings is 1. The average Bonchev–Trinajstić information content (AvgIpc) is 2.67. The van der Waals surface area contributed by atoms with Gasteiger partial charge in [-0.3, -0.25) is 9.69 Å². The molecule has 28 heavy (non-hydrogen) atoms. The Kier molecular flexibility index (Phi) is 10.4. The van der Waals surface area contributed by atoms with Gasteiger partial charge in [0, 0.05) is 39.1 Å². The van der Waals surface area contributed by atoms with E-state index in [0.29, 0.717) is 45.0 Å². The van der Waals surface area contributed by atoms with Crippen LogP contribution in [0, 0.1) is 0 Å². The number of hydrogen-bond acceptors (Lipinski definition) is 6. The molecule has 8 heteroatoms. The van der Waals surface area contributed by atoms with Crippen LogP contribution in [0.5, 0.6) is 11.5 Å². The summed E-state index contributed by atoms with van der Waals surface area (Å²) < 4.78 is 10.3. The van der Waals surface area contributed by atoms with Gasteiger partial charge in [-0.15, -0.1) is 12.4 Å². The molecular formula is C20H29ClN2O5. The van der Waals surface area contributed by atoms with Crippen molar-refractivity contribution >= 4 is 30.4 Å². The summed E-state index contributed by atoms with van der Waals surface area (Å²) in [5.74, 6) is 0.530. The molecule has 0 aliphatic carbocycles. The van der Waals surface area contributed by atoms with Gasteiger partial charge in [-0.1, -0.05) is 12.1 Å². The monoisotopic (exact) mass is 412 g/mol. The second-order valence-electron chi connectivity index (χ2n) is 6.24. The van der Waals surface area contributed by atoms with Crippen molar-refractivity contribution in [3.05, 3.63) is 29.8 Å². The SMILES string of the molecule is CCOC(=O)N1CCN(CCC(=O)C=Cc2ccc(O)c(OCC)c2)CC1.Cl. The van der Waals surface area contributed by atoms with Crippen LogP contribution < -0.4 is 4.74 Å². The van der Waals surface area contributed by atoms with Crippen LogP contribution in [-0.2, 0) is 9.53 Å². The number of phenols is 1. The number of carbonyl (C=O) groups is 2. The van der Waals surface area contributed by atoms with Crippen molar-refractivity contribution in [1.29, 1.82) is 0 Å². The molecule has 1 N–H and O–H groups in total. The minimum Gasteiger partial charge on any atom is -0.504 e. The zero-order valence-corrected chi connectivity index (χ0v) is 17.2. The Balaban J connectivity index is 0.00000392. The van der Waals surface area contributed by atoms with Gasteiger partial charge in [-0.25, -0.2) is 4.79 Å². The lowest BCUT2D eigenvalue weighted by Crippen LogP contribution is -2.49. The quantitative estimate of drug-likeness (QED) is 0.661. The van der Waals surface area contributed by atoms with Crippen molar-refractivity contribution in [2.45, 2.75) is 20.3 Å². The largest absolute Gasteiger partial charge is 0.504 e. The topological polar surface area (TPSA) is 79.3 Å². The zero-order chi connectivity index (χ0) is 19.6. The first-order valence-electron chi connectivity index (χ1n) is 9.34. The van der Waals surface area contributed by atoms with Crippen LogP contribution in [0.25, 0.3) is 6.08 Å². The van der Waals surface area contributed by atoms with Crippen LogP contribution in [0.2, 0.25) is 0 Å². The molecule has 0 bridgehead atoms. The molecule has 2 rings (SSSR count). The molecule has 1 aliphatic rings. The smallest absolute Gasteiger partial charge is 0.409 e. The van der Waals surface area contributed by atoms with E-state index in [-0.39, 0.29) is 30.0 Å². The molecule has 1 amide bonds. The van der Waals surface area contributed by atoms with Crippen molar-refractivity contribution in [1.82, 2.24) is 9.80 Å². The fourth-order valence-corrected chi connectivity index (χ4v) is 2.82. The van der Waals surface area contributed by atoms with Crippen molar-refractivity contribution in [3.63, 3.8) is 0 Å². The van der Waals surface area contributed by atoms with E-state index in [1.807, 2.05) is 6.92 Å². The van der Waals surface area contributed by atoms with Crippen LogP contribution in [0.4, 0.5) is 4.79 Å². The maximum atomic E-state index is 12.1. The van der Waals surface area contributed by atoms with Gasteiger partial charge in [0.1, 0.15) is 0 Å². The summed E-state index contributed by atoms with van der Waals surface area (Å²) in [6, 6.07) is 4.99. The molecule has 0 unspecified atom stereocenters. The number of phenolic OH excluding ortho intramolecular Hbond substituents is 1. The Morgan fingerprint density at radius 2 is 1.86 bits per heavy atom. The highest BCUT2D eigenvalue weighted by atomic mass is 35.5. The Bertz CT molecular complexity index is 673. The number of piperazine rings is 1. The van der Waals surface area contributed by atoms with E-state index in [2.05, 4.69) is 4.90 Å². The zero-order valence-electron chi connectivity index (χ0n) is 16.4. The summed E-state index contributed by atoms with van der Waals surface area (Å²) in [5.41, 5.74) is 0.799. The van der Waals surface area contributed by atoms with Gasteiger partial charge < -0.3 is 19.5 Å². The minimum absolute atomic E-state index is 0. The van der Waals surface area contributed by atoms with Gasteiger partial charge >= 0.3 is 6.09 Å². The van der Waals surface area contributed by atoms with Gasteiger partial charge in [0.15, 0.2) is 17.3 Å². The first-order chi connectivity index (χ1) is 13.0. The molecule has 0 atom stereocenters. The van der Waals surface area contributed by atoms with Crippen molar-refractivity contribution < 1.29 is 24.2 Å². The molecule has 0 radical (unpaired) electrons. The number of rotatable bonds is 8. The Hall–Kier alpha value is -2.25. The molecular weight excluding hydrogens is 384 g/mol. The molecule has 0 saturated carbocycles. The molecule has 1 aromatic carbocycles. The number of halogens is 1. The summed E-state index contributed by atoms with van der Waals surface area (Å²) in [7, 11) is 0. The fourth-order valence-electron chi connectivity index (χ4n) is 2.82. The molecule has 1 aliphatic heterocycles. The van der Waals surface area contributed by atoms with E-state index in [1.165, 1.54) is 0 Å². The number of hydrogen-bond donors (Lipinski definition) is 1. The fraction of sp³-hybridized carbons (Fsp3) is 0.500. The van der Waals surface area contributed by atoms with Crippen LogP contribution in [0.1, 0.15) is 25.8 Å². The lowest BCUT2D eigenvalue weighted by Gasteiger charge is -2.33. The highest BCUT2D eigenvalue weighted by Gasteiger charge is 2.21. The van der Waals surface area contributed by atoms with E-state index in [1.54, 1.807) is 42.2 Å². The number of ether oxygens (including phenoxy) is 2. The third-order valence-electron chi connectivity index (χ3n) is 4.32. The van der Waals surface area contributed by atoms with Crippen LogP contribution in [-0.4, -0.2) is 72.7 Å². The van der Waals surface area contributed by atoms with E-state index in [4.69, 9.17) is 9.47 Å². The molecule has 1 saturated heterocycles. The normalized spacial score (nSPS) is 14.6. The van der Waals surface area contributed by atoms with Crippen molar-refractivity contribution in [3.8, 4) is 11.5 Å². The van der Waals surface area contributed by atoms with E-state index < -0.39 is 0 Å². The van der Waals surface area contributed by atoms with E-state index in [9.17, 15) is 14.7 Å². The maximum absolute atomic E-state index is 12.1. The molecule has 0 spiro atoms. The molecule has 0 aromatic heterocycles. The lowest BCUT2D eigenvalue weighted by atomic mass is 10.1. The van der Waals surface area contributed by atoms with Gasteiger partial charge in [0.2, 0.25) is 0 Å². The molecule has 1 heterocycles. The average molecular weight is 413 g/mol. The van der Waals surface area contributed by atoms with Crippen LogP contribution >= 0.6 is 12.4 Å². The van der Waals surface area contributed by atoms with E-state index >= 15 is 0 Å². The Morgan fingerprint density at radius 3 is 2.50 bits per heavy atom. The first-order valence-corrected chi connectivity index (χ1v) is 9.34. The van der Waals surface area contributed by atoms with Crippen LogP contribution in [0.3, 0.4) is 0 Å². The first kappa shape index (κ1) is 23.8. The second kappa shape index (κ2) is 12.3. The van der Waals surface area contributed by atoms with Gasteiger partial charge in [-0.2, -0.15) is 0 Å². The summed E-state index contributed by atoms with van der Waals surface area (Å²) in [5, 5.41) is 9.70. The number of ketones is 1. The standard InChI is InChI=1S/C20H28N2O5.ClH/c1-3-26-19-15-16(6-8-18(19)24)5-7-17(23)9-10-21-11-13-22(14-12-21)20(25)27-4-2;/h5-8,15,24H,3-4,9-14H2,1-2H3;1H. The third-order valence-corrected chi connectivity index (χ3v) is 4.32. The minimum atomic E-state index is -0.267. The van der Waals surface area contributed by atoms with Gasteiger partial charge in [0.05, 0.1) is 13.2 Å². The number of aromatic hydroxyl groups is 1. The second-order valence-corrected chi connectivity index (χ2v) is 6.24. The van der Waals surface area contributed by atoms with E-state index in [0.717, 1.165) is 18.7 Å². The molecule has 1 fully saturated rings. The maximum Gasteiger partial charge on any atom is 0.409 e. The Morgan fingerprint density at radius 1 is 1.14 bits per heavy atom. The predicted octanol–water partition coefficient (Wildman–Crippen LogP) is 2.96. The third kappa shape index (κ3) is 7.40. The number of amides is 1. The van der Waals surface area contributed by atoms with Crippen molar-refractivity contribution in [2.75, 3.05) is 45.9 Å². The highest BCUT2D eigenvalue weighted by molar-refractivity contribution is 5.93. The molecule has 7 nitrogen and oxygen atoms in total. The number of nitrogens with zero attached hydrogens (tertiary/aromatic N) is 2. The summed E-state index contributed by atoms with van der Waals surface area (Å²) in [6.07, 6.45) is 3.43. The summed E-state index contributed by atoms with van der Waals surface area (Å²) >= 11 is 0. The number of allylic oxidation sites excluding steroid dienone is 1. The lowest BCUT2D eigenvalue weighted by molar-refractivity contribution is -0.115. The molecule has 1 aromatic rings. The van der Waals surface area contributed by atoms with Crippen molar-refractivity contribution in [2.24, 2.45) is 0 Å². The van der Waals surface area contributed by atoms with Gasteiger partial charge in [-0.05, 0) is 37.6 Å². The summed E-state index contributed by atoms with van der Waals surface area (Å²) in [4.78, 5) is 27.7. The van der Waals surface area contributed by atoms with Gasteiger partial charge in [0.25, 0.3) is 0 Å².